The second-order valence-corrected chi connectivity index (χ2v) is 5.55. The fourth-order valence-electron chi connectivity index (χ4n) is 1.74. The third-order valence-corrected chi connectivity index (χ3v) is 4.04. The molecule has 6 nitrogen and oxygen atoms in total. The van der Waals surface area contributed by atoms with Gasteiger partial charge in [0.05, 0.1) is 0 Å². The summed E-state index contributed by atoms with van der Waals surface area (Å²) in [6, 6.07) is -0.778. The maximum Gasteiger partial charge on any atom is 0.327 e. The number of piperazine rings is 1. The minimum atomic E-state index is -0.978. The maximum atomic E-state index is 10.8. The predicted octanol–water partition coefficient (Wildman–Crippen LogP) is -0.834. The average molecular weight is 275 g/mol. The van der Waals surface area contributed by atoms with Gasteiger partial charge in [0.2, 0.25) is 6.41 Å². The Labute approximate surface area is 112 Å². The lowest BCUT2D eigenvalue weighted by atomic mass is 10.3. The third-order valence-electron chi connectivity index (χ3n) is 3.00. The molecule has 0 saturated carbocycles. The smallest absolute Gasteiger partial charge is 0.327 e. The van der Waals surface area contributed by atoms with Gasteiger partial charge in [-0.2, -0.15) is 11.8 Å². The van der Waals surface area contributed by atoms with Gasteiger partial charge >= 0.3 is 5.97 Å². The van der Waals surface area contributed by atoms with Crippen molar-refractivity contribution in [3.8, 4) is 0 Å². The summed E-state index contributed by atoms with van der Waals surface area (Å²) in [7, 11) is 2.12. The van der Waals surface area contributed by atoms with Gasteiger partial charge in [-0.15, -0.1) is 0 Å². The van der Waals surface area contributed by atoms with Crippen molar-refractivity contribution >= 4 is 24.1 Å². The average Bonchev–Trinajstić information content (AvgIpc) is 2.35. The molecule has 1 atom stereocenters. The number of thioether (sulfide) groups is 1. The molecule has 1 heterocycles. The largest absolute Gasteiger partial charge is 0.480 e. The van der Waals surface area contributed by atoms with Crippen molar-refractivity contribution in [3.05, 3.63) is 0 Å². The van der Waals surface area contributed by atoms with Crippen LogP contribution >= 0.6 is 11.8 Å². The number of carbonyl (C=O) groups is 2. The number of carbonyl (C=O) groups excluding carboxylic acids is 1. The Morgan fingerprint density at radius 2 is 2.11 bits per heavy atom. The summed E-state index contributed by atoms with van der Waals surface area (Å²) >= 11 is 1.57. The van der Waals surface area contributed by atoms with Crippen molar-refractivity contribution in [1.29, 1.82) is 0 Å². The van der Waals surface area contributed by atoms with E-state index < -0.39 is 12.0 Å². The first-order valence-corrected chi connectivity index (χ1v) is 7.20. The molecular formula is C11H21N3O3S. The number of aliphatic carboxylic acids is 1. The van der Waals surface area contributed by atoms with Gasteiger partial charge in [-0.1, -0.05) is 0 Å². The van der Waals surface area contributed by atoms with Gasteiger partial charge in [0.15, 0.2) is 0 Å². The number of nitrogens with one attached hydrogen (secondary N) is 1. The fraction of sp³-hybridized carbons (Fsp3) is 0.818. The number of hydrogen-bond acceptors (Lipinski definition) is 5. The molecule has 0 aromatic rings. The van der Waals surface area contributed by atoms with Crippen LogP contribution in [0.2, 0.25) is 0 Å². The van der Waals surface area contributed by atoms with Gasteiger partial charge in [-0.25, -0.2) is 4.79 Å². The van der Waals surface area contributed by atoms with Gasteiger partial charge in [0, 0.05) is 44.2 Å². The van der Waals surface area contributed by atoms with E-state index in [1.54, 1.807) is 11.8 Å². The number of amides is 1. The number of rotatable bonds is 8. The third kappa shape index (κ3) is 5.70. The standard InChI is InChI=1S/C11H21N3O3S/c1-13-2-4-14(5-3-13)6-7-18-8-10(11(16)17)12-9-15/h9-10H,2-8H2,1H3,(H,12,15)(H,16,17). The van der Waals surface area contributed by atoms with E-state index in [0.29, 0.717) is 12.2 Å². The zero-order chi connectivity index (χ0) is 13.4. The van der Waals surface area contributed by atoms with Crippen LogP contribution in [0.3, 0.4) is 0 Å². The number of carboxylic acids is 1. The molecule has 1 aliphatic heterocycles. The molecule has 0 aromatic heterocycles. The summed E-state index contributed by atoms with van der Waals surface area (Å²) < 4.78 is 0. The van der Waals surface area contributed by atoms with E-state index in [0.717, 1.165) is 38.5 Å². The lowest BCUT2D eigenvalue weighted by Gasteiger charge is -2.32. The fourth-order valence-corrected chi connectivity index (χ4v) is 2.77. The summed E-state index contributed by atoms with van der Waals surface area (Å²) in [5.74, 6) is 0.338. The zero-order valence-corrected chi connectivity index (χ0v) is 11.5. The maximum absolute atomic E-state index is 10.8. The molecule has 1 fully saturated rings. The predicted molar refractivity (Wildman–Crippen MR) is 71.9 cm³/mol. The van der Waals surface area contributed by atoms with E-state index in [2.05, 4.69) is 22.2 Å². The van der Waals surface area contributed by atoms with Crippen LogP contribution in [0, 0.1) is 0 Å². The minimum Gasteiger partial charge on any atom is -0.480 e. The molecule has 1 aliphatic rings. The lowest BCUT2D eigenvalue weighted by molar-refractivity contribution is -0.139. The topological polar surface area (TPSA) is 72.9 Å². The number of carboxylic acid groups (broad SMARTS) is 1. The van der Waals surface area contributed by atoms with E-state index in [-0.39, 0.29) is 0 Å². The van der Waals surface area contributed by atoms with Crippen LogP contribution in [0.4, 0.5) is 0 Å². The first-order chi connectivity index (χ1) is 8.63. The summed E-state index contributed by atoms with van der Waals surface area (Å²) in [5, 5.41) is 11.1. The highest BCUT2D eigenvalue weighted by atomic mass is 32.2. The molecule has 1 unspecified atom stereocenters. The summed E-state index contributed by atoms with van der Waals surface area (Å²) in [5.41, 5.74) is 0. The second kappa shape index (κ2) is 8.34. The Balaban J connectivity index is 2.10. The molecule has 0 radical (unpaired) electrons. The molecule has 0 spiro atoms. The van der Waals surface area contributed by atoms with Crippen molar-refractivity contribution in [2.24, 2.45) is 0 Å². The molecule has 0 aliphatic carbocycles. The van der Waals surface area contributed by atoms with E-state index in [4.69, 9.17) is 5.11 Å². The first kappa shape index (κ1) is 15.3. The summed E-state index contributed by atoms with van der Waals surface area (Å²) in [6.07, 6.45) is 0.444. The van der Waals surface area contributed by atoms with Crippen molar-refractivity contribution in [1.82, 2.24) is 15.1 Å². The Hall–Kier alpha value is -0.790. The molecule has 1 rings (SSSR count). The van der Waals surface area contributed by atoms with Crippen LogP contribution in [0.1, 0.15) is 0 Å². The minimum absolute atomic E-state index is 0.418. The van der Waals surface area contributed by atoms with E-state index in [1.165, 1.54) is 0 Å². The molecule has 0 bridgehead atoms. The molecule has 2 N–H and O–H groups in total. The van der Waals surface area contributed by atoms with Crippen molar-refractivity contribution < 1.29 is 14.7 Å². The Morgan fingerprint density at radius 3 is 2.67 bits per heavy atom. The second-order valence-electron chi connectivity index (χ2n) is 4.40. The van der Waals surface area contributed by atoms with Gasteiger partial charge in [0.1, 0.15) is 6.04 Å². The van der Waals surface area contributed by atoms with Gasteiger partial charge in [-0.3, -0.25) is 9.69 Å². The van der Waals surface area contributed by atoms with E-state index in [1.807, 2.05) is 0 Å². The van der Waals surface area contributed by atoms with Crippen molar-refractivity contribution in [2.75, 3.05) is 51.3 Å². The molecule has 7 heteroatoms. The molecule has 1 saturated heterocycles. The molecule has 104 valence electrons. The normalized spacial score (nSPS) is 19.4. The molecule has 18 heavy (non-hydrogen) atoms. The molecule has 1 amide bonds. The van der Waals surface area contributed by atoms with Crippen LogP contribution in [0.25, 0.3) is 0 Å². The van der Waals surface area contributed by atoms with Gasteiger partial charge < -0.3 is 15.3 Å². The lowest BCUT2D eigenvalue weighted by Crippen LogP contribution is -2.45. The van der Waals surface area contributed by atoms with Crippen LogP contribution in [0.15, 0.2) is 0 Å². The highest BCUT2D eigenvalue weighted by molar-refractivity contribution is 7.99. The van der Waals surface area contributed by atoms with Crippen molar-refractivity contribution in [3.63, 3.8) is 0 Å². The van der Waals surface area contributed by atoms with E-state index in [9.17, 15) is 9.59 Å². The Bertz CT molecular complexity index is 270. The SMILES string of the molecule is CN1CCN(CCSCC(NC=O)C(=O)O)CC1. The van der Waals surface area contributed by atoms with Crippen molar-refractivity contribution in [2.45, 2.75) is 6.04 Å². The monoisotopic (exact) mass is 275 g/mol. The molecule has 0 aromatic carbocycles. The zero-order valence-electron chi connectivity index (χ0n) is 10.7. The van der Waals surface area contributed by atoms with Crippen LogP contribution in [-0.4, -0.2) is 84.6 Å². The number of likely N-dealkylation sites (N-methyl/N-ethyl adjacent to an activating group) is 1. The molecular weight excluding hydrogens is 254 g/mol. The summed E-state index contributed by atoms with van der Waals surface area (Å²) in [6.45, 7) is 5.31. The van der Waals surface area contributed by atoms with Gasteiger partial charge in [0.25, 0.3) is 0 Å². The highest BCUT2D eigenvalue weighted by Gasteiger charge is 2.17. The quantitative estimate of drug-likeness (QED) is 0.445. The summed E-state index contributed by atoms with van der Waals surface area (Å²) in [4.78, 5) is 25.7. The van der Waals surface area contributed by atoms with E-state index >= 15 is 0 Å². The first-order valence-electron chi connectivity index (χ1n) is 6.04. The highest BCUT2D eigenvalue weighted by Crippen LogP contribution is 2.06. The number of hydrogen-bond donors (Lipinski definition) is 2. The van der Waals surface area contributed by atoms with Crippen LogP contribution in [-0.2, 0) is 9.59 Å². The van der Waals surface area contributed by atoms with Crippen LogP contribution < -0.4 is 5.32 Å². The van der Waals surface area contributed by atoms with Crippen LogP contribution in [0.5, 0.6) is 0 Å². The Kier molecular flexibility index (Phi) is 7.07. The number of nitrogens with zero attached hydrogens (tertiary/aromatic N) is 2. The Morgan fingerprint density at radius 1 is 1.44 bits per heavy atom. The van der Waals surface area contributed by atoms with Gasteiger partial charge in [-0.05, 0) is 7.05 Å².